The van der Waals surface area contributed by atoms with Crippen LogP contribution in [-0.2, 0) is 0 Å². The zero-order valence-corrected chi connectivity index (χ0v) is 14.7. The summed E-state index contributed by atoms with van der Waals surface area (Å²) in [7, 11) is 0. The predicted octanol–water partition coefficient (Wildman–Crippen LogP) is 3.25. The molecule has 0 radical (unpaired) electrons. The van der Waals surface area contributed by atoms with E-state index in [-0.39, 0.29) is 5.82 Å². The van der Waals surface area contributed by atoms with Gasteiger partial charge in [-0.1, -0.05) is 12.1 Å². The molecule has 0 fully saturated rings. The molecule has 9 heteroatoms. The SMILES string of the molecule is Nc1nc(=O)[nH]c2n[nH]c(Nc3ccc(-c4nc5ccccc5s4)cc3)c12. The molecule has 0 unspecified atom stereocenters. The van der Waals surface area contributed by atoms with E-state index in [0.29, 0.717) is 16.9 Å². The molecule has 5 aromatic rings. The monoisotopic (exact) mass is 375 g/mol. The molecule has 3 heterocycles. The first-order valence-corrected chi connectivity index (χ1v) is 8.96. The Morgan fingerprint density at radius 3 is 2.67 bits per heavy atom. The smallest absolute Gasteiger partial charge is 0.348 e. The molecule has 0 aliphatic heterocycles. The fraction of sp³-hybridized carbons (Fsp3) is 0. The van der Waals surface area contributed by atoms with Crippen molar-refractivity contribution in [1.82, 2.24) is 25.1 Å². The molecule has 27 heavy (non-hydrogen) atoms. The largest absolute Gasteiger partial charge is 0.383 e. The Balaban J connectivity index is 1.46. The summed E-state index contributed by atoms with van der Waals surface area (Å²) in [6, 6.07) is 16.0. The van der Waals surface area contributed by atoms with Gasteiger partial charge < -0.3 is 11.1 Å². The maximum atomic E-state index is 11.4. The standard InChI is InChI=1S/C18H13N7OS/c19-14-13-15(24-25-16(13)23-18(26)22-14)20-10-7-5-9(6-8-10)17-21-11-3-1-2-4-12(11)27-17/h1-8H,(H5,19,20,22,23,24,25,26). The van der Waals surface area contributed by atoms with Crippen molar-refractivity contribution in [3.05, 3.63) is 59.0 Å². The number of nitrogen functional groups attached to an aromatic ring is 1. The van der Waals surface area contributed by atoms with Gasteiger partial charge in [0.1, 0.15) is 22.0 Å². The van der Waals surface area contributed by atoms with Crippen LogP contribution in [0.25, 0.3) is 31.8 Å². The number of H-pyrrole nitrogens is 2. The Morgan fingerprint density at radius 2 is 1.85 bits per heavy atom. The summed E-state index contributed by atoms with van der Waals surface area (Å²) in [6.07, 6.45) is 0. The molecular formula is C18H13N7OS. The van der Waals surface area contributed by atoms with E-state index >= 15 is 0 Å². The fourth-order valence-electron chi connectivity index (χ4n) is 2.90. The number of fused-ring (bicyclic) bond motifs is 2. The zero-order chi connectivity index (χ0) is 18.4. The van der Waals surface area contributed by atoms with Crippen molar-refractivity contribution in [2.24, 2.45) is 0 Å². The summed E-state index contributed by atoms with van der Waals surface area (Å²) in [5.74, 6) is 0.690. The molecule has 0 spiro atoms. The average molecular weight is 375 g/mol. The Labute approximate surface area is 156 Å². The Morgan fingerprint density at radius 1 is 1.04 bits per heavy atom. The number of aromatic nitrogens is 5. The first kappa shape index (κ1) is 15.5. The van der Waals surface area contributed by atoms with Crippen molar-refractivity contribution in [3.8, 4) is 10.6 Å². The topological polar surface area (TPSA) is 125 Å². The molecule has 0 aliphatic carbocycles. The summed E-state index contributed by atoms with van der Waals surface area (Å²) in [5.41, 5.74) is 8.58. The number of benzene rings is 2. The lowest BCUT2D eigenvalue weighted by molar-refractivity contribution is 1.06. The molecule has 2 aromatic carbocycles. The third-order valence-corrected chi connectivity index (χ3v) is 5.25. The first-order chi connectivity index (χ1) is 13.2. The van der Waals surface area contributed by atoms with Crippen LogP contribution in [-0.4, -0.2) is 25.1 Å². The van der Waals surface area contributed by atoms with Gasteiger partial charge in [0.25, 0.3) is 0 Å². The number of hydrogen-bond donors (Lipinski definition) is 4. The molecule has 3 aromatic heterocycles. The highest BCUT2D eigenvalue weighted by atomic mass is 32.1. The van der Waals surface area contributed by atoms with Crippen LogP contribution < -0.4 is 16.7 Å². The maximum absolute atomic E-state index is 11.4. The van der Waals surface area contributed by atoms with Crippen LogP contribution >= 0.6 is 11.3 Å². The number of rotatable bonds is 3. The molecular weight excluding hydrogens is 362 g/mol. The van der Waals surface area contributed by atoms with E-state index in [1.54, 1.807) is 11.3 Å². The Kier molecular flexibility index (Phi) is 3.41. The highest BCUT2D eigenvalue weighted by molar-refractivity contribution is 7.21. The second kappa shape index (κ2) is 5.92. The lowest BCUT2D eigenvalue weighted by Gasteiger charge is -2.05. The van der Waals surface area contributed by atoms with Crippen LogP contribution in [0, 0.1) is 0 Å². The van der Waals surface area contributed by atoms with Crippen LogP contribution in [0.15, 0.2) is 53.3 Å². The van der Waals surface area contributed by atoms with Crippen LogP contribution in [0.2, 0.25) is 0 Å². The quantitative estimate of drug-likeness (QED) is 0.383. The lowest BCUT2D eigenvalue weighted by atomic mass is 10.2. The number of aromatic amines is 2. The van der Waals surface area contributed by atoms with Gasteiger partial charge in [-0.25, -0.2) is 9.78 Å². The second-order valence-corrected chi connectivity index (χ2v) is 6.97. The van der Waals surface area contributed by atoms with Gasteiger partial charge in [-0.3, -0.25) is 10.1 Å². The van der Waals surface area contributed by atoms with E-state index in [1.807, 2.05) is 42.5 Å². The lowest BCUT2D eigenvalue weighted by Crippen LogP contribution is -2.12. The van der Waals surface area contributed by atoms with Gasteiger partial charge in [-0.15, -0.1) is 11.3 Å². The summed E-state index contributed by atoms with van der Waals surface area (Å²) in [4.78, 5) is 22.3. The summed E-state index contributed by atoms with van der Waals surface area (Å²) in [5, 5.41) is 11.6. The minimum Gasteiger partial charge on any atom is -0.383 e. The Hall–Kier alpha value is -3.72. The number of anilines is 3. The number of nitrogens with one attached hydrogen (secondary N) is 3. The number of thiazole rings is 1. The molecule has 0 saturated heterocycles. The van der Waals surface area contributed by atoms with E-state index < -0.39 is 5.69 Å². The summed E-state index contributed by atoms with van der Waals surface area (Å²) >= 11 is 1.66. The highest BCUT2D eigenvalue weighted by Crippen LogP contribution is 2.31. The molecule has 0 amide bonds. The van der Waals surface area contributed by atoms with Crippen LogP contribution in [0.1, 0.15) is 0 Å². The number of hydrogen-bond acceptors (Lipinski definition) is 7. The van der Waals surface area contributed by atoms with Crippen molar-refractivity contribution < 1.29 is 0 Å². The fourth-order valence-corrected chi connectivity index (χ4v) is 3.87. The Bertz CT molecular complexity index is 1300. The third-order valence-electron chi connectivity index (χ3n) is 4.16. The maximum Gasteiger partial charge on any atom is 0.348 e. The van der Waals surface area contributed by atoms with E-state index in [2.05, 4.69) is 36.5 Å². The molecule has 0 bridgehead atoms. The van der Waals surface area contributed by atoms with E-state index in [1.165, 1.54) is 0 Å². The summed E-state index contributed by atoms with van der Waals surface area (Å²) in [6.45, 7) is 0. The normalized spacial score (nSPS) is 11.3. The van der Waals surface area contributed by atoms with Crippen molar-refractivity contribution in [2.75, 3.05) is 11.1 Å². The minimum absolute atomic E-state index is 0.121. The van der Waals surface area contributed by atoms with Crippen molar-refractivity contribution >= 4 is 49.9 Å². The van der Waals surface area contributed by atoms with E-state index in [9.17, 15) is 4.79 Å². The number of nitrogens with two attached hydrogens (primary N) is 1. The van der Waals surface area contributed by atoms with Gasteiger partial charge in [-0.05, 0) is 36.4 Å². The van der Waals surface area contributed by atoms with Gasteiger partial charge in [-0.2, -0.15) is 10.1 Å². The van der Waals surface area contributed by atoms with E-state index in [4.69, 9.17) is 5.73 Å². The van der Waals surface area contributed by atoms with Gasteiger partial charge in [0, 0.05) is 11.3 Å². The van der Waals surface area contributed by atoms with Gasteiger partial charge in [0.15, 0.2) is 5.65 Å². The zero-order valence-electron chi connectivity index (χ0n) is 13.9. The molecule has 8 nitrogen and oxygen atoms in total. The minimum atomic E-state index is -0.529. The molecule has 0 saturated carbocycles. The molecule has 5 rings (SSSR count). The molecule has 132 valence electrons. The predicted molar refractivity (Wildman–Crippen MR) is 107 cm³/mol. The van der Waals surface area contributed by atoms with Gasteiger partial charge in [0.05, 0.1) is 10.2 Å². The van der Waals surface area contributed by atoms with Crippen LogP contribution in [0.5, 0.6) is 0 Å². The number of nitrogens with zero attached hydrogens (tertiary/aromatic N) is 3. The first-order valence-electron chi connectivity index (χ1n) is 8.14. The van der Waals surface area contributed by atoms with Crippen molar-refractivity contribution in [2.45, 2.75) is 0 Å². The van der Waals surface area contributed by atoms with Crippen LogP contribution in [0.4, 0.5) is 17.3 Å². The summed E-state index contributed by atoms with van der Waals surface area (Å²) < 4.78 is 1.16. The molecule has 0 atom stereocenters. The number of para-hydroxylation sites is 1. The highest BCUT2D eigenvalue weighted by Gasteiger charge is 2.12. The van der Waals surface area contributed by atoms with Crippen molar-refractivity contribution in [1.29, 1.82) is 0 Å². The van der Waals surface area contributed by atoms with E-state index in [0.717, 1.165) is 26.5 Å². The van der Waals surface area contributed by atoms with Gasteiger partial charge >= 0.3 is 5.69 Å². The molecule has 5 N–H and O–H groups in total. The van der Waals surface area contributed by atoms with Crippen molar-refractivity contribution in [3.63, 3.8) is 0 Å². The second-order valence-electron chi connectivity index (χ2n) is 5.94. The molecule has 0 aliphatic rings. The van der Waals surface area contributed by atoms with Crippen LogP contribution in [0.3, 0.4) is 0 Å². The average Bonchev–Trinajstić information content (AvgIpc) is 3.26. The van der Waals surface area contributed by atoms with Gasteiger partial charge in [0.2, 0.25) is 0 Å². The third kappa shape index (κ3) is 2.70.